The Morgan fingerprint density at radius 2 is 2.00 bits per heavy atom. The summed E-state index contributed by atoms with van der Waals surface area (Å²) >= 11 is 0. The first-order valence-electron chi connectivity index (χ1n) is 5.84. The molecule has 0 unspecified atom stereocenters. The van der Waals surface area contributed by atoms with Crippen molar-refractivity contribution in [3.05, 3.63) is 29.3 Å². The van der Waals surface area contributed by atoms with Gasteiger partial charge < -0.3 is 20.1 Å². The molecule has 0 fully saturated rings. The van der Waals surface area contributed by atoms with Gasteiger partial charge in [-0.15, -0.1) is 0 Å². The topological polar surface area (TPSA) is 59.6 Å². The molecule has 1 aromatic rings. The Morgan fingerprint density at radius 3 is 2.67 bits per heavy atom. The second-order valence-electron chi connectivity index (χ2n) is 3.96. The fraction of sp³-hybridized carbons (Fsp3) is 0.462. The minimum absolute atomic E-state index is 0.140. The van der Waals surface area contributed by atoms with Crippen molar-refractivity contribution >= 4 is 6.03 Å². The lowest BCUT2D eigenvalue weighted by atomic mass is 10.1. The molecule has 0 aliphatic heterocycles. The number of urea groups is 1. The van der Waals surface area contributed by atoms with Crippen molar-refractivity contribution in [3.8, 4) is 5.75 Å². The normalized spacial score (nSPS) is 9.94. The molecule has 100 valence electrons. The van der Waals surface area contributed by atoms with Crippen molar-refractivity contribution in [2.45, 2.75) is 13.8 Å². The number of amides is 2. The monoisotopic (exact) mass is 252 g/mol. The highest BCUT2D eigenvalue weighted by Crippen LogP contribution is 2.15. The van der Waals surface area contributed by atoms with Crippen LogP contribution in [0.25, 0.3) is 0 Å². The largest absolute Gasteiger partial charge is 0.473 e. The molecule has 0 aliphatic rings. The molecule has 2 amide bonds. The van der Waals surface area contributed by atoms with Gasteiger partial charge in [0.05, 0.1) is 6.61 Å². The average Bonchev–Trinajstić information content (AvgIpc) is 2.34. The number of rotatable bonds is 6. The van der Waals surface area contributed by atoms with Crippen LogP contribution in [0.4, 0.5) is 4.79 Å². The summed E-state index contributed by atoms with van der Waals surface area (Å²) in [6, 6.07) is 5.55. The number of nitrogens with one attached hydrogen (secondary N) is 2. The molecule has 0 bridgehead atoms. The summed E-state index contributed by atoms with van der Waals surface area (Å²) in [7, 11) is 1.59. The fourth-order valence-electron chi connectivity index (χ4n) is 1.32. The summed E-state index contributed by atoms with van der Waals surface area (Å²) in [6.07, 6.45) is 0. The van der Waals surface area contributed by atoms with E-state index in [0.717, 1.165) is 11.3 Å². The van der Waals surface area contributed by atoms with Gasteiger partial charge in [0.1, 0.15) is 5.75 Å². The van der Waals surface area contributed by atoms with E-state index in [9.17, 15) is 4.79 Å². The second-order valence-corrected chi connectivity index (χ2v) is 3.96. The van der Waals surface area contributed by atoms with Gasteiger partial charge in [-0.2, -0.15) is 0 Å². The van der Waals surface area contributed by atoms with Crippen molar-refractivity contribution in [2.75, 3.05) is 27.0 Å². The molecule has 1 aromatic carbocycles. The van der Waals surface area contributed by atoms with E-state index >= 15 is 0 Å². The van der Waals surface area contributed by atoms with Crippen molar-refractivity contribution in [1.29, 1.82) is 0 Å². The first kappa shape index (κ1) is 14.3. The summed E-state index contributed by atoms with van der Waals surface area (Å²) in [5, 5.41) is 5.23. The third-order valence-corrected chi connectivity index (χ3v) is 2.54. The molecule has 5 nitrogen and oxygen atoms in total. The highest BCUT2D eigenvalue weighted by molar-refractivity contribution is 5.73. The summed E-state index contributed by atoms with van der Waals surface area (Å²) in [4.78, 5) is 11.3. The predicted molar refractivity (Wildman–Crippen MR) is 69.8 cm³/mol. The maximum atomic E-state index is 11.3. The number of aryl methyl sites for hydroxylation is 2. The lowest BCUT2D eigenvalue weighted by Crippen LogP contribution is -2.39. The molecule has 2 N–H and O–H groups in total. The Kier molecular flexibility index (Phi) is 6.00. The third kappa shape index (κ3) is 5.05. The van der Waals surface area contributed by atoms with Crippen molar-refractivity contribution in [2.24, 2.45) is 0 Å². The number of hydrogen-bond acceptors (Lipinski definition) is 3. The van der Waals surface area contributed by atoms with Crippen molar-refractivity contribution in [1.82, 2.24) is 10.6 Å². The van der Waals surface area contributed by atoms with Gasteiger partial charge in [-0.3, -0.25) is 0 Å². The summed E-state index contributed by atoms with van der Waals surface area (Å²) < 4.78 is 10.2. The second kappa shape index (κ2) is 7.55. The zero-order valence-electron chi connectivity index (χ0n) is 11.1. The number of carbonyl (C=O) groups is 1. The minimum atomic E-state index is -0.268. The quantitative estimate of drug-likeness (QED) is 0.597. The van der Waals surface area contributed by atoms with E-state index in [1.54, 1.807) is 7.11 Å². The van der Waals surface area contributed by atoms with E-state index in [1.807, 2.05) is 32.0 Å². The molecule has 0 atom stereocenters. The standard InChI is InChI=1S/C13H20N2O3/c1-10-4-5-12(8-11(10)2)18-9-15-13(16)14-6-7-17-3/h4-5,8H,6-7,9H2,1-3H3,(H2,14,15,16). The molecular weight excluding hydrogens is 232 g/mol. The minimum Gasteiger partial charge on any atom is -0.473 e. The Hall–Kier alpha value is -1.75. The third-order valence-electron chi connectivity index (χ3n) is 2.54. The van der Waals surface area contributed by atoms with Gasteiger partial charge in [-0.1, -0.05) is 6.07 Å². The Labute approximate surface area is 107 Å². The summed E-state index contributed by atoms with van der Waals surface area (Å²) in [6.45, 7) is 5.17. The summed E-state index contributed by atoms with van der Waals surface area (Å²) in [5.41, 5.74) is 2.38. The molecule has 0 spiro atoms. The number of hydrogen-bond donors (Lipinski definition) is 2. The molecule has 5 heteroatoms. The van der Waals surface area contributed by atoms with E-state index in [1.165, 1.54) is 5.56 Å². The van der Waals surface area contributed by atoms with Gasteiger partial charge in [-0.05, 0) is 37.1 Å². The molecule has 18 heavy (non-hydrogen) atoms. The van der Waals surface area contributed by atoms with Crippen LogP contribution < -0.4 is 15.4 Å². The van der Waals surface area contributed by atoms with Gasteiger partial charge in [0.25, 0.3) is 0 Å². The summed E-state index contributed by atoms with van der Waals surface area (Å²) in [5.74, 6) is 0.746. The highest BCUT2D eigenvalue weighted by atomic mass is 16.5. The van der Waals surface area contributed by atoms with Gasteiger partial charge >= 0.3 is 6.03 Å². The Balaban J connectivity index is 2.24. The number of carbonyl (C=O) groups excluding carboxylic acids is 1. The number of ether oxygens (including phenoxy) is 2. The van der Waals surface area contributed by atoms with Crippen LogP contribution in [0.1, 0.15) is 11.1 Å². The van der Waals surface area contributed by atoms with Gasteiger partial charge in [0.2, 0.25) is 0 Å². The van der Waals surface area contributed by atoms with Crippen LogP contribution in [0.5, 0.6) is 5.75 Å². The smallest absolute Gasteiger partial charge is 0.317 e. The molecule has 0 radical (unpaired) electrons. The molecule has 0 aliphatic carbocycles. The fourth-order valence-corrected chi connectivity index (χ4v) is 1.32. The average molecular weight is 252 g/mol. The Morgan fingerprint density at radius 1 is 1.22 bits per heavy atom. The molecule has 0 saturated heterocycles. The van der Waals surface area contributed by atoms with Crippen LogP contribution in [0.3, 0.4) is 0 Å². The molecule has 0 heterocycles. The van der Waals surface area contributed by atoms with Gasteiger partial charge in [0.15, 0.2) is 6.73 Å². The number of methoxy groups -OCH3 is 1. The molecule has 0 saturated carbocycles. The first-order chi connectivity index (χ1) is 8.63. The van der Waals surface area contributed by atoms with Crippen LogP contribution in [0.2, 0.25) is 0 Å². The highest BCUT2D eigenvalue weighted by Gasteiger charge is 2.00. The van der Waals surface area contributed by atoms with Crippen LogP contribution in [0, 0.1) is 13.8 Å². The maximum Gasteiger partial charge on any atom is 0.317 e. The Bertz CT molecular complexity index is 394. The zero-order valence-corrected chi connectivity index (χ0v) is 11.1. The molecular formula is C13H20N2O3. The predicted octanol–water partition coefficient (Wildman–Crippen LogP) is 1.59. The number of benzene rings is 1. The van der Waals surface area contributed by atoms with Crippen LogP contribution in [-0.2, 0) is 4.74 Å². The van der Waals surface area contributed by atoms with E-state index in [0.29, 0.717) is 13.2 Å². The van der Waals surface area contributed by atoms with Crippen LogP contribution >= 0.6 is 0 Å². The van der Waals surface area contributed by atoms with Crippen LogP contribution in [-0.4, -0.2) is 33.0 Å². The van der Waals surface area contributed by atoms with E-state index in [-0.39, 0.29) is 12.8 Å². The van der Waals surface area contributed by atoms with E-state index in [4.69, 9.17) is 9.47 Å². The zero-order chi connectivity index (χ0) is 13.4. The lowest BCUT2D eigenvalue weighted by molar-refractivity contribution is 0.192. The maximum absolute atomic E-state index is 11.3. The van der Waals surface area contributed by atoms with Gasteiger partial charge in [0, 0.05) is 13.7 Å². The van der Waals surface area contributed by atoms with Crippen LogP contribution in [0.15, 0.2) is 18.2 Å². The van der Waals surface area contributed by atoms with Gasteiger partial charge in [-0.25, -0.2) is 4.79 Å². The lowest BCUT2D eigenvalue weighted by Gasteiger charge is -2.10. The molecule has 1 rings (SSSR count). The van der Waals surface area contributed by atoms with Crippen molar-refractivity contribution in [3.63, 3.8) is 0 Å². The first-order valence-corrected chi connectivity index (χ1v) is 5.84. The van der Waals surface area contributed by atoms with E-state index in [2.05, 4.69) is 10.6 Å². The van der Waals surface area contributed by atoms with E-state index < -0.39 is 0 Å². The van der Waals surface area contributed by atoms with Crippen molar-refractivity contribution < 1.29 is 14.3 Å². The molecule has 0 aromatic heterocycles. The SMILES string of the molecule is COCCNC(=O)NCOc1ccc(C)c(C)c1.